The van der Waals surface area contributed by atoms with E-state index in [1.54, 1.807) is 7.05 Å². The minimum absolute atomic E-state index is 0.0288. The van der Waals surface area contributed by atoms with Crippen molar-refractivity contribution in [1.29, 1.82) is 0 Å². The molecule has 2 heterocycles. The van der Waals surface area contributed by atoms with E-state index in [-0.39, 0.29) is 18.2 Å². The lowest BCUT2D eigenvalue weighted by atomic mass is 10.1. The molecular weight excluding hydrogens is 212 g/mol. The number of aliphatic hydroxyl groups is 1. The summed E-state index contributed by atoms with van der Waals surface area (Å²) in [5.41, 5.74) is 0.0288. The van der Waals surface area contributed by atoms with Crippen molar-refractivity contribution in [3.05, 3.63) is 16.3 Å². The predicted molar refractivity (Wildman–Crippen MR) is 57.3 cm³/mol. The van der Waals surface area contributed by atoms with Gasteiger partial charge in [0.25, 0.3) is 0 Å². The zero-order chi connectivity index (χ0) is 11.7. The third kappa shape index (κ3) is 1.85. The number of hydrogen-bond donors (Lipinski definition) is 1. The first-order valence-corrected chi connectivity index (χ1v) is 5.15. The van der Waals surface area contributed by atoms with E-state index in [0.29, 0.717) is 18.9 Å². The number of aryl methyl sites for hydroxylation is 1. The van der Waals surface area contributed by atoms with Crippen molar-refractivity contribution >= 4 is 11.5 Å². The van der Waals surface area contributed by atoms with Gasteiger partial charge in [0.15, 0.2) is 0 Å². The maximum Gasteiger partial charge on any atom is 0.330 e. The Balaban J connectivity index is 2.23. The average Bonchev–Trinajstić information content (AvgIpc) is 2.82. The summed E-state index contributed by atoms with van der Waals surface area (Å²) in [6, 6.07) is 0. The smallest absolute Gasteiger partial charge is 0.330 e. The highest BCUT2D eigenvalue weighted by molar-refractivity contribution is 5.57. The van der Waals surface area contributed by atoms with Crippen LogP contribution in [0.3, 0.4) is 0 Å². The van der Waals surface area contributed by atoms with Crippen LogP contribution >= 0.6 is 0 Å². The first-order valence-electron chi connectivity index (χ1n) is 5.15. The maximum atomic E-state index is 10.8. The van der Waals surface area contributed by atoms with Gasteiger partial charge in [-0.3, -0.25) is 14.8 Å². The second-order valence-corrected chi connectivity index (χ2v) is 4.05. The fourth-order valence-corrected chi connectivity index (χ4v) is 1.99. The summed E-state index contributed by atoms with van der Waals surface area (Å²) in [4.78, 5) is 12.3. The first-order chi connectivity index (χ1) is 7.61. The van der Waals surface area contributed by atoms with E-state index in [1.165, 1.54) is 10.9 Å². The van der Waals surface area contributed by atoms with Gasteiger partial charge in [0.1, 0.15) is 6.20 Å². The number of anilines is 1. The molecular formula is C9H14N4O3. The molecule has 0 bridgehead atoms. The lowest BCUT2D eigenvalue weighted by molar-refractivity contribution is -0.384. The Morgan fingerprint density at radius 3 is 3.06 bits per heavy atom. The van der Waals surface area contributed by atoms with Gasteiger partial charge in [0.2, 0.25) is 5.82 Å². The second kappa shape index (κ2) is 4.09. The van der Waals surface area contributed by atoms with Crippen LogP contribution in [0.25, 0.3) is 0 Å². The summed E-state index contributed by atoms with van der Waals surface area (Å²) in [6.45, 7) is 1.47. The normalized spacial score (nSPS) is 20.4. The van der Waals surface area contributed by atoms with Crippen LogP contribution < -0.4 is 4.90 Å². The highest BCUT2D eigenvalue weighted by atomic mass is 16.6. The van der Waals surface area contributed by atoms with Gasteiger partial charge >= 0.3 is 5.69 Å². The lowest BCUT2D eigenvalue weighted by Crippen LogP contribution is -2.22. The molecule has 0 saturated carbocycles. The van der Waals surface area contributed by atoms with Crippen LogP contribution in [0, 0.1) is 16.0 Å². The van der Waals surface area contributed by atoms with Crippen LogP contribution in [-0.4, -0.2) is 39.5 Å². The highest BCUT2D eigenvalue weighted by Crippen LogP contribution is 2.30. The molecule has 0 aromatic carbocycles. The number of hydrogen-bond acceptors (Lipinski definition) is 5. The molecule has 88 valence electrons. The summed E-state index contributed by atoms with van der Waals surface area (Å²) in [5, 5.41) is 23.9. The molecule has 1 aliphatic rings. The van der Waals surface area contributed by atoms with Crippen LogP contribution in [0.5, 0.6) is 0 Å². The van der Waals surface area contributed by atoms with Gasteiger partial charge in [-0.1, -0.05) is 0 Å². The van der Waals surface area contributed by atoms with Crippen molar-refractivity contribution in [2.75, 3.05) is 24.6 Å². The van der Waals surface area contributed by atoms with Crippen molar-refractivity contribution < 1.29 is 10.0 Å². The monoisotopic (exact) mass is 226 g/mol. The molecule has 0 spiro atoms. The molecule has 1 atom stereocenters. The molecule has 1 aromatic heterocycles. The number of aromatic nitrogens is 2. The largest absolute Gasteiger partial charge is 0.396 e. The topological polar surface area (TPSA) is 84.4 Å². The fourth-order valence-electron chi connectivity index (χ4n) is 1.99. The van der Waals surface area contributed by atoms with E-state index in [4.69, 9.17) is 5.11 Å². The lowest BCUT2D eigenvalue weighted by Gasteiger charge is -2.13. The quantitative estimate of drug-likeness (QED) is 0.585. The van der Waals surface area contributed by atoms with Crippen LogP contribution in [0.2, 0.25) is 0 Å². The van der Waals surface area contributed by atoms with Gasteiger partial charge in [-0.25, -0.2) is 0 Å². The van der Waals surface area contributed by atoms with Gasteiger partial charge in [-0.05, 0) is 6.42 Å². The fraction of sp³-hybridized carbons (Fsp3) is 0.667. The Bertz CT molecular complexity index is 403. The van der Waals surface area contributed by atoms with Gasteiger partial charge < -0.3 is 10.0 Å². The second-order valence-electron chi connectivity index (χ2n) is 4.05. The van der Waals surface area contributed by atoms with E-state index >= 15 is 0 Å². The molecule has 1 N–H and O–H groups in total. The van der Waals surface area contributed by atoms with Crippen molar-refractivity contribution in [2.24, 2.45) is 13.0 Å². The Morgan fingerprint density at radius 2 is 2.50 bits per heavy atom. The molecule has 1 fully saturated rings. The molecule has 7 heteroatoms. The summed E-state index contributed by atoms with van der Waals surface area (Å²) < 4.78 is 1.44. The standard InChI is InChI=1S/C9H14N4O3/c1-11-5-8(13(15)16)9(10-11)12-3-2-7(4-12)6-14/h5,7,14H,2-4,6H2,1H3. The third-order valence-corrected chi connectivity index (χ3v) is 2.83. The Hall–Kier alpha value is -1.63. The molecule has 2 rings (SSSR count). The number of aliphatic hydroxyl groups excluding tert-OH is 1. The molecule has 0 radical (unpaired) electrons. The van der Waals surface area contributed by atoms with E-state index in [0.717, 1.165) is 6.42 Å². The SMILES string of the molecule is Cn1cc([N+](=O)[O-])c(N2CCC(CO)C2)n1. The zero-order valence-electron chi connectivity index (χ0n) is 9.04. The molecule has 0 amide bonds. The van der Waals surface area contributed by atoms with Crippen LogP contribution in [0.1, 0.15) is 6.42 Å². The van der Waals surface area contributed by atoms with Gasteiger partial charge in [-0.15, -0.1) is 5.10 Å². The molecule has 0 aliphatic carbocycles. The minimum atomic E-state index is -0.422. The Labute approximate surface area is 92.4 Å². The van der Waals surface area contributed by atoms with Crippen LogP contribution in [0.4, 0.5) is 11.5 Å². The molecule has 1 aromatic rings. The Morgan fingerprint density at radius 1 is 1.75 bits per heavy atom. The maximum absolute atomic E-state index is 10.8. The van der Waals surface area contributed by atoms with Crippen LogP contribution in [0.15, 0.2) is 6.20 Å². The van der Waals surface area contributed by atoms with Crippen molar-refractivity contribution in [3.63, 3.8) is 0 Å². The molecule has 1 unspecified atom stereocenters. The van der Waals surface area contributed by atoms with Gasteiger partial charge in [-0.2, -0.15) is 0 Å². The minimum Gasteiger partial charge on any atom is -0.396 e. The number of rotatable bonds is 3. The van der Waals surface area contributed by atoms with Crippen LogP contribution in [-0.2, 0) is 7.05 Å². The van der Waals surface area contributed by atoms with Gasteiger partial charge in [0.05, 0.1) is 4.92 Å². The highest BCUT2D eigenvalue weighted by Gasteiger charge is 2.29. The van der Waals surface area contributed by atoms with E-state index in [9.17, 15) is 10.1 Å². The van der Waals surface area contributed by atoms with E-state index in [1.807, 2.05) is 4.90 Å². The number of nitrogens with zero attached hydrogens (tertiary/aromatic N) is 4. The summed E-state index contributed by atoms with van der Waals surface area (Å²) in [6.07, 6.45) is 2.26. The summed E-state index contributed by atoms with van der Waals surface area (Å²) in [5.74, 6) is 0.602. The van der Waals surface area contributed by atoms with Crippen molar-refractivity contribution in [2.45, 2.75) is 6.42 Å². The number of nitro groups is 1. The molecule has 1 saturated heterocycles. The van der Waals surface area contributed by atoms with E-state index in [2.05, 4.69) is 5.10 Å². The van der Waals surface area contributed by atoms with Crippen molar-refractivity contribution in [3.8, 4) is 0 Å². The summed E-state index contributed by atoms with van der Waals surface area (Å²) >= 11 is 0. The third-order valence-electron chi connectivity index (χ3n) is 2.83. The average molecular weight is 226 g/mol. The molecule has 16 heavy (non-hydrogen) atoms. The van der Waals surface area contributed by atoms with Crippen molar-refractivity contribution in [1.82, 2.24) is 9.78 Å². The van der Waals surface area contributed by atoms with Gasteiger partial charge in [0, 0.05) is 32.7 Å². The molecule has 1 aliphatic heterocycles. The zero-order valence-corrected chi connectivity index (χ0v) is 9.04. The molecule has 7 nitrogen and oxygen atoms in total. The summed E-state index contributed by atoms with van der Waals surface area (Å²) in [7, 11) is 1.66. The predicted octanol–water partition coefficient (Wildman–Crippen LogP) is 0.147. The first kappa shape index (κ1) is 10.9. The Kier molecular flexibility index (Phi) is 2.78. The van der Waals surface area contributed by atoms with E-state index < -0.39 is 4.92 Å².